The molecular formula is C16H21F3N2O3S. The number of nitrogens with one attached hydrogen (secondary N) is 1. The van der Waals surface area contributed by atoms with Gasteiger partial charge in [0.25, 0.3) is 5.91 Å². The Bertz CT molecular complexity index is 747. The molecule has 0 aliphatic carbocycles. The third kappa shape index (κ3) is 4.72. The molecule has 0 radical (unpaired) electrons. The number of alkyl halides is 3. The summed E-state index contributed by atoms with van der Waals surface area (Å²) in [6.45, 7) is 2.29. The first-order valence-corrected chi connectivity index (χ1v) is 9.44. The Morgan fingerprint density at radius 3 is 2.60 bits per heavy atom. The maximum atomic E-state index is 12.8. The molecule has 1 aromatic rings. The van der Waals surface area contributed by atoms with Crippen LogP contribution in [0.25, 0.3) is 0 Å². The SMILES string of the molecule is Cc1ccc(S(=O)(=O)N2CCCCC2C)cc1C(=O)NCC(F)(F)F. The van der Waals surface area contributed by atoms with Crippen LogP contribution < -0.4 is 5.32 Å². The highest BCUT2D eigenvalue weighted by Crippen LogP contribution is 2.26. The molecule has 1 aliphatic rings. The monoisotopic (exact) mass is 378 g/mol. The first kappa shape index (κ1) is 19.7. The summed E-state index contributed by atoms with van der Waals surface area (Å²) in [7, 11) is -3.80. The molecule has 9 heteroatoms. The lowest BCUT2D eigenvalue weighted by Gasteiger charge is -2.32. The molecule has 1 N–H and O–H groups in total. The van der Waals surface area contributed by atoms with E-state index in [1.807, 2.05) is 6.92 Å². The van der Waals surface area contributed by atoms with Gasteiger partial charge in [0.05, 0.1) is 4.90 Å². The lowest BCUT2D eigenvalue weighted by atomic mass is 10.1. The second-order valence-electron chi connectivity index (χ2n) is 6.24. The van der Waals surface area contributed by atoms with Gasteiger partial charge in [-0.2, -0.15) is 17.5 Å². The molecule has 25 heavy (non-hydrogen) atoms. The highest BCUT2D eigenvalue weighted by molar-refractivity contribution is 7.89. The van der Waals surface area contributed by atoms with Gasteiger partial charge in [0.15, 0.2) is 0 Å². The molecule has 1 amide bonds. The van der Waals surface area contributed by atoms with Gasteiger partial charge in [-0.1, -0.05) is 12.5 Å². The maximum Gasteiger partial charge on any atom is 0.405 e. The maximum absolute atomic E-state index is 12.8. The van der Waals surface area contributed by atoms with Crippen molar-refractivity contribution in [1.29, 1.82) is 0 Å². The molecule has 0 saturated carbocycles. The number of amides is 1. The number of piperidine rings is 1. The van der Waals surface area contributed by atoms with Crippen LogP contribution in [0.5, 0.6) is 0 Å². The van der Waals surface area contributed by atoms with E-state index in [4.69, 9.17) is 0 Å². The Morgan fingerprint density at radius 1 is 1.32 bits per heavy atom. The number of nitrogens with zero attached hydrogens (tertiary/aromatic N) is 1. The smallest absolute Gasteiger partial charge is 0.343 e. The highest BCUT2D eigenvalue weighted by atomic mass is 32.2. The second kappa shape index (κ2) is 7.33. The quantitative estimate of drug-likeness (QED) is 0.876. The Labute approximate surface area is 145 Å². The van der Waals surface area contributed by atoms with E-state index in [1.165, 1.54) is 16.4 Å². The van der Waals surface area contributed by atoms with Gasteiger partial charge in [0.1, 0.15) is 6.54 Å². The molecule has 1 fully saturated rings. The fraction of sp³-hybridized carbons (Fsp3) is 0.562. The van der Waals surface area contributed by atoms with Gasteiger partial charge in [0, 0.05) is 18.2 Å². The van der Waals surface area contributed by atoms with Crippen molar-refractivity contribution in [1.82, 2.24) is 9.62 Å². The van der Waals surface area contributed by atoms with E-state index in [1.54, 1.807) is 12.2 Å². The summed E-state index contributed by atoms with van der Waals surface area (Å²) in [6.07, 6.45) is -2.07. The van der Waals surface area contributed by atoms with E-state index < -0.39 is 28.7 Å². The number of rotatable bonds is 4. The molecule has 1 saturated heterocycles. The van der Waals surface area contributed by atoms with Crippen LogP contribution in [0.4, 0.5) is 13.2 Å². The van der Waals surface area contributed by atoms with Crippen LogP contribution in [0.15, 0.2) is 23.1 Å². The van der Waals surface area contributed by atoms with Crippen molar-refractivity contribution >= 4 is 15.9 Å². The Hall–Kier alpha value is -1.61. The van der Waals surface area contributed by atoms with Crippen molar-refractivity contribution in [2.24, 2.45) is 0 Å². The van der Waals surface area contributed by atoms with Crippen LogP contribution in [0.1, 0.15) is 42.1 Å². The molecule has 2 rings (SSSR count). The highest BCUT2D eigenvalue weighted by Gasteiger charge is 2.32. The molecular weight excluding hydrogens is 357 g/mol. The van der Waals surface area contributed by atoms with Crippen LogP contribution in [0.3, 0.4) is 0 Å². The normalized spacial score (nSPS) is 19.6. The fourth-order valence-electron chi connectivity index (χ4n) is 2.85. The average molecular weight is 378 g/mol. The molecule has 0 bridgehead atoms. The molecule has 1 heterocycles. The van der Waals surface area contributed by atoms with Gasteiger partial charge in [-0.3, -0.25) is 4.79 Å². The van der Waals surface area contributed by atoms with Crippen LogP contribution in [-0.2, 0) is 10.0 Å². The van der Waals surface area contributed by atoms with Crippen molar-refractivity contribution < 1.29 is 26.4 Å². The first-order chi connectivity index (χ1) is 11.5. The predicted molar refractivity (Wildman–Crippen MR) is 86.8 cm³/mol. The van der Waals surface area contributed by atoms with Crippen molar-refractivity contribution in [3.63, 3.8) is 0 Å². The summed E-state index contributed by atoms with van der Waals surface area (Å²) >= 11 is 0. The third-order valence-corrected chi connectivity index (χ3v) is 6.26. The van der Waals surface area contributed by atoms with Gasteiger partial charge < -0.3 is 5.32 Å². The number of carbonyl (C=O) groups excluding carboxylic acids is 1. The third-order valence-electron chi connectivity index (χ3n) is 4.25. The van der Waals surface area contributed by atoms with Crippen LogP contribution in [0, 0.1) is 6.92 Å². The number of carbonyl (C=O) groups is 1. The zero-order chi connectivity index (χ0) is 18.8. The molecule has 1 atom stereocenters. The molecule has 1 unspecified atom stereocenters. The van der Waals surface area contributed by atoms with Gasteiger partial charge >= 0.3 is 6.18 Å². The second-order valence-corrected chi connectivity index (χ2v) is 8.13. The molecule has 5 nitrogen and oxygen atoms in total. The minimum Gasteiger partial charge on any atom is -0.343 e. The zero-order valence-corrected chi connectivity index (χ0v) is 14.9. The van der Waals surface area contributed by atoms with Gasteiger partial charge in [-0.15, -0.1) is 0 Å². The Kier molecular flexibility index (Phi) is 5.78. The summed E-state index contributed by atoms with van der Waals surface area (Å²) in [4.78, 5) is 11.9. The molecule has 140 valence electrons. The van der Waals surface area contributed by atoms with Crippen molar-refractivity contribution in [3.8, 4) is 0 Å². The number of hydrogen-bond donors (Lipinski definition) is 1. The zero-order valence-electron chi connectivity index (χ0n) is 14.1. The van der Waals surface area contributed by atoms with Crippen LogP contribution in [0.2, 0.25) is 0 Å². The minimum absolute atomic E-state index is 0.0741. The number of sulfonamides is 1. The topological polar surface area (TPSA) is 66.5 Å². The lowest BCUT2D eigenvalue weighted by molar-refractivity contribution is -0.123. The first-order valence-electron chi connectivity index (χ1n) is 8.00. The summed E-state index contributed by atoms with van der Waals surface area (Å²) in [6, 6.07) is 3.82. The van der Waals surface area contributed by atoms with Crippen molar-refractivity contribution in [3.05, 3.63) is 29.3 Å². The van der Waals surface area contributed by atoms with E-state index in [2.05, 4.69) is 0 Å². The molecule has 0 aromatic heterocycles. The number of benzene rings is 1. The number of halogens is 3. The van der Waals surface area contributed by atoms with Crippen molar-refractivity contribution in [2.75, 3.05) is 13.1 Å². The largest absolute Gasteiger partial charge is 0.405 e. The number of aryl methyl sites for hydroxylation is 1. The van der Waals surface area contributed by atoms with E-state index >= 15 is 0 Å². The summed E-state index contributed by atoms with van der Waals surface area (Å²) in [5.41, 5.74) is 0.334. The fourth-order valence-corrected chi connectivity index (χ4v) is 4.57. The molecule has 0 spiro atoms. The summed E-state index contributed by atoms with van der Waals surface area (Å²) in [5.74, 6) is -0.946. The van der Waals surface area contributed by atoms with Gasteiger partial charge in [0.2, 0.25) is 10.0 Å². The standard InChI is InChI=1S/C16H21F3N2O3S/c1-11-6-7-13(9-14(11)15(22)20-10-16(17,18)19)25(23,24)21-8-4-3-5-12(21)2/h6-7,9,12H,3-5,8,10H2,1-2H3,(H,20,22). The van der Waals surface area contributed by atoms with E-state index in [0.29, 0.717) is 12.1 Å². The molecule has 1 aromatic carbocycles. The summed E-state index contributed by atoms with van der Waals surface area (Å²) < 4.78 is 63.8. The Balaban J connectivity index is 2.30. The van der Waals surface area contributed by atoms with Crippen LogP contribution >= 0.6 is 0 Å². The van der Waals surface area contributed by atoms with Gasteiger partial charge in [-0.05, 0) is 44.4 Å². The summed E-state index contributed by atoms with van der Waals surface area (Å²) in [5, 5.41) is 1.77. The van der Waals surface area contributed by atoms with E-state index in [0.717, 1.165) is 25.3 Å². The van der Waals surface area contributed by atoms with Crippen LogP contribution in [-0.4, -0.2) is 43.9 Å². The Morgan fingerprint density at radius 2 is 2.00 bits per heavy atom. The average Bonchev–Trinajstić information content (AvgIpc) is 2.52. The molecule has 1 aliphatic heterocycles. The van der Waals surface area contributed by atoms with Gasteiger partial charge in [-0.25, -0.2) is 8.42 Å². The lowest BCUT2D eigenvalue weighted by Crippen LogP contribution is -2.42. The van der Waals surface area contributed by atoms with E-state index in [-0.39, 0.29) is 16.5 Å². The minimum atomic E-state index is -4.53. The number of hydrogen-bond acceptors (Lipinski definition) is 3. The van der Waals surface area contributed by atoms with E-state index in [9.17, 15) is 26.4 Å². The van der Waals surface area contributed by atoms with Crippen molar-refractivity contribution in [2.45, 2.75) is 50.2 Å². The predicted octanol–water partition coefficient (Wildman–Crippen LogP) is 2.85.